The fourth-order valence-corrected chi connectivity index (χ4v) is 5.82. The van der Waals surface area contributed by atoms with Crippen molar-refractivity contribution >= 4 is 34.8 Å². The van der Waals surface area contributed by atoms with Gasteiger partial charge in [0.2, 0.25) is 0 Å². The normalized spacial score (nSPS) is 14.6. The van der Waals surface area contributed by atoms with Gasteiger partial charge in [-0.3, -0.25) is 9.47 Å². The van der Waals surface area contributed by atoms with Crippen LogP contribution in [0.3, 0.4) is 0 Å². The maximum atomic E-state index is 12.4. The number of hydrogen-bond acceptors (Lipinski definition) is 6. The van der Waals surface area contributed by atoms with Gasteiger partial charge in [-0.05, 0) is 60.9 Å². The zero-order valence-corrected chi connectivity index (χ0v) is 23.6. The van der Waals surface area contributed by atoms with Crippen LogP contribution < -0.4 is 16.0 Å². The number of halogens is 1. The van der Waals surface area contributed by atoms with Crippen molar-refractivity contribution in [3.8, 4) is 28.5 Å². The molecule has 1 fully saturated rings. The van der Waals surface area contributed by atoms with Crippen LogP contribution in [-0.2, 0) is 6.54 Å². The topological polar surface area (TPSA) is 100 Å². The molecule has 0 atom stereocenters. The molecular formula is C32H29ClN8O. The lowest BCUT2D eigenvalue weighted by Gasteiger charge is -2.32. The van der Waals surface area contributed by atoms with Crippen molar-refractivity contribution in [2.24, 2.45) is 0 Å². The van der Waals surface area contributed by atoms with Gasteiger partial charge in [0.1, 0.15) is 0 Å². The highest BCUT2D eigenvalue weighted by atomic mass is 35.5. The van der Waals surface area contributed by atoms with Gasteiger partial charge >= 0.3 is 6.03 Å². The molecule has 4 heterocycles. The van der Waals surface area contributed by atoms with Crippen LogP contribution in [0.25, 0.3) is 28.5 Å². The van der Waals surface area contributed by atoms with Gasteiger partial charge in [-0.1, -0.05) is 54.1 Å². The lowest BCUT2D eigenvalue weighted by Crippen LogP contribution is -2.45. The minimum atomic E-state index is -0.199. The maximum Gasteiger partial charge on any atom is 0.319 e. The van der Waals surface area contributed by atoms with E-state index in [1.54, 1.807) is 18.3 Å². The molecule has 2 aliphatic heterocycles. The molecule has 0 bridgehead atoms. The van der Waals surface area contributed by atoms with E-state index in [-0.39, 0.29) is 12.1 Å². The van der Waals surface area contributed by atoms with Crippen LogP contribution in [0.2, 0.25) is 5.02 Å². The second kappa shape index (κ2) is 11.3. The van der Waals surface area contributed by atoms with Crippen LogP contribution in [0.4, 0.5) is 22.0 Å². The molecule has 0 radical (unpaired) electrons. The molecule has 210 valence electrons. The third-order valence-electron chi connectivity index (χ3n) is 7.74. The molecule has 5 aromatic rings. The highest BCUT2D eigenvalue weighted by Crippen LogP contribution is 2.39. The summed E-state index contributed by atoms with van der Waals surface area (Å²) in [5.74, 6) is 2.31. The first-order valence-corrected chi connectivity index (χ1v) is 14.4. The lowest BCUT2D eigenvalue weighted by molar-refractivity contribution is 0.190. The van der Waals surface area contributed by atoms with Crippen LogP contribution >= 0.6 is 11.6 Å². The first-order chi connectivity index (χ1) is 20.6. The number of fused-ring (bicyclic) bond motifs is 5. The average Bonchev–Trinajstić information content (AvgIpc) is 3.38. The number of carbonyl (C=O) groups excluding carboxylic acids is 1. The number of likely N-dealkylation sites (tertiary alicyclic amines) is 1. The number of benzene rings is 3. The van der Waals surface area contributed by atoms with Gasteiger partial charge in [0.25, 0.3) is 0 Å². The molecule has 2 aliphatic rings. The first kappa shape index (κ1) is 26.2. The highest BCUT2D eigenvalue weighted by molar-refractivity contribution is 6.30. The van der Waals surface area contributed by atoms with E-state index < -0.39 is 0 Å². The Bertz CT molecular complexity index is 1740. The second-order valence-corrected chi connectivity index (χ2v) is 11.0. The summed E-state index contributed by atoms with van der Waals surface area (Å²) >= 11 is 6.02. The van der Waals surface area contributed by atoms with Crippen LogP contribution in [0.5, 0.6) is 0 Å². The van der Waals surface area contributed by atoms with Crippen LogP contribution in [0.1, 0.15) is 18.4 Å². The molecule has 0 saturated carbocycles. The summed E-state index contributed by atoms with van der Waals surface area (Å²) in [6, 6.07) is 27.7. The smallest absolute Gasteiger partial charge is 0.319 e. The van der Waals surface area contributed by atoms with Crippen molar-refractivity contribution in [3.63, 3.8) is 0 Å². The van der Waals surface area contributed by atoms with Crippen molar-refractivity contribution in [2.45, 2.75) is 25.4 Å². The molecule has 2 amide bonds. The number of rotatable bonds is 5. The van der Waals surface area contributed by atoms with Crippen molar-refractivity contribution < 1.29 is 4.79 Å². The number of carbonyl (C=O) groups is 1. The summed E-state index contributed by atoms with van der Waals surface area (Å²) < 4.78 is 2.08. The van der Waals surface area contributed by atoms with Gasteiger partial charge in [0.05, 0.1) is 11.4 Å². The highest BCUT2D eigenvalue weighted by Gasteiger charge is 2.25. The summed E-state index contributed by atoms with van der Waals surface area (Å²) in [6.07, 6.45) is 3.58. The van der Waals surface area contributed by atoms with Crippen molar-refractivity contribution in [1.82, 2.24) is 30.0 Å². The quantitative estimate of drug-likeness (QED) is 0.217. The van der Waals surface area contributed by atoms with Gasteiger partial charge in [0.15, 0.2) is 17.5 Å². The predicted molar refractivity (Wildman–Crippen MR) is 165 cm³/mol. The molecule has 42 heavy (non-hydrogen) atoms. The Morgan fingerprint density at radius 3 is 2.57 bits per heavy atom. The Morgan fingerprint density at radius 2 is 1.74 bits per heavy atom. The third-order valence-corrected chi connectivity index (χ3v) is 7.97. The summed E-state index contributed by atoms with van der Waals surface area (Å²) in [6.45, 7) is 2.68. The van der Waals surface area contributed by atoms with Crippen LogP contribution in [0, 0.1) is 0 Å². The van der Waals surface area contributed by atoms with E-state index in [1.807, 2.05) is 48.5 Å². The Labute approximate surface area is 248 Å². The van der Waals surface area contributed by atoms with Crippen molar-refractivity contribution in [2.75, 3.05) is 23.7 Å². The summed E-state index contributed by atoms with van der Waals surface area (Å²) in [5.41, 5.74) is 5.74. The number of nitrogens with one attached hydrogen (secondary N) is 3. The van der Waals surface area contributed by atoms with Gasteiger partial charge in [-0.2, -0.15) is 0 Å². The Balaban J connectivity index is 1.02. The number of piperidine rings is 1. The van der Waals surface area contributed by atoms with Gasteiger partial charge in [-0.25, -0.2) is 9.78 Å². The number of pyridine rings is 1. The molecule has 3 aromatic carbocycles. The molecule has 2 aromatic heterocycles. The number of aromatic nitrogens is 4. The Kier molecular flexibility index (Phi) is 7.03. The SMILES string of the molecule is O=C(Nc1cccc(Cl)c1)NC1CCN(Cc2ccc(-c3nnc4n3-c3cccnc3Nc3ccccc3-4)cc2)CC1. The maximum absolute atomic E-state index is 12.4. The predicted octanol–water partition coefficient (Wildman–Crippen LogP) is 6.49. The molecule has 7 rings (SSSR count). The van der Waals surface area contributed by atoms with Gasteiger partial charge in [0, 0.05) is 53.7 Å². The van der Waals surface area contributed by atoms with Crippen LogP contribution in [0.15, 0.2) is 91.1 Å². The third kappa shape index (κ3) is 5.32. The summed E-state index contributed by atoms with van der Waals surface area (Å²) in [7, 11) is 0. The van der Waals surface area contributed by atoms with Gasteiger partial charge < -0.3 is 16.0 Å². The molecule has 0 unspecified atom stereocenters. The number of hydrogen-bond donors (Lipinski definition) is 3. The monoisotopic (exact) mass is 576 g/mol. The number of amides is 2. The lowest BCUT2D eigenvalue weighted by atomic mass is 10.0. The fraction of sp³-hybridized carbons (Fsp3) is 0.188. The van der Waals surface area contributed by atoms with E-state index in [9.17, 15) is 4.79 Å². The number of nitrogens with zero attached hydrogens (tertiary/aromatic N) is 5. The zero-order valence-electron chi connectivity index (χ0n) is 22.8. The molecule has 10 heteroatoms. The minimum absolute atomic E-state index is 0.142. The number of urea groups is 1. The Hall–Kier alpha value is -4.73. The second-order valence-electron chi connectivity index (χ2n) is 10.6. The van der Waals surface area contributed by atoms with E-state index in [0.717, 1.165) is 72.4 Å². The van der Waals surface area contributed by atoms with E-state index in [0.29, 0.717) is 10.7 Å². The minimum Gasteiger partial charge on any atom is -0.338 e. The summed E-state index contributed by atoms with van der Waals surface area (Å²) in [5, 5.41) is 19.2. The van der Waals surface area contributed by atoms with Crippen molar-refractivity contribution in [1.29, 1.82) is 0 Å². The summed E-state index contributed by atoms with van der Waals surface area (Å²) in [4.78, 5) is 19.4. The van der Waals surface area contributed by atoms with Crippen LogP contribution in [-0.4, -0.2) is 49.8 Å². The Morgan fingerprint density at radius 1 is 0.929 bits per heavy atom. The van der Waals surface area contributed by atoms with Crippen molar-refractivity contribution in [3.05, 3.63) is 102 Å². The van der Waals surface area contributed by atoms with E-state index >= 15 is 0 Å². The number of anilines is 3. The molecule has 1 saturated heterocycles. The van der Waals surface area contributed by atoms with E-state index in [4.69, 9.17) is 11.6 Å². The van der Waals surface area contributed by atoms with E-state index in [2.05, 4.69) is 64.9 Å². The molecule has 0 spiro atoms. The molecule has 3 N–H and O–H groups in total. The van der Waals surface area contributed by atoms with Gasteiger partial charge in [-0.15, -0.1) is 10.2 Å². The molecular weight excluding hydrogens is 548 g/mol. The molecule has 9 nitrogen and oxygen atoms in total. The largest absolute Gasteiger partial charge is 0.338 e. The standard InChI is InChI=1S/C32H29ClN8O/c33-23-5-3-6-25(19-23)36-32(42)35-24-14-17-40(18-15-24)20-21-10-12-22(13-11-21)30-38-39-31-26-7-1-2-8-27(26)37-29-28(41(30)31)9-4-16-34-29/h1-13,16,19,24H,14-15,17-18,20H2,(H,34,37)(H2,35,36,42). The zero-order chi connectivity index (χ0) is 28.5. The van der Waals surface area contributed by atoms with E-state index in [1.165, 1.54) is 5.56 Å². The average molecular weight is 577 g/mol. The fourth-order valence-electron chi connectivity index (χ4n) is 5.63. The first-order valence-electron chi connectivity index (χ1n) is 14.0. The molecule has 0 aliphatic carbocycles. The number of para-hydroxylation sites is 1.